The smallest absolute Gasteiger partial charge is 0.0898 e. The molecule has 0 fully saturated rings. The fourth-order valence-corrected chi connectivity index (χ4v) is 2.09. The molecule has 2 nitrogen and oxygen atoms in total. The van der Waals surface area contributed by atoms with E-state index in [1.165, 1.54) is 0 Å². The summed E-state index contributed by atoms with van der Waals surface area (Å²) in [6, 6.07) is 14.2. The van der Waals surface area contributed by atoms with Gasteiger partial charge in [0.25, 0.3) is 0 Å². The summed E-state index contributed by atoms with van der Waals surface area (Å²) in [6.45, 7) is 0. The van der Waals surface area contributed by atoms with Crippen LogP contribution in [0.5, 0.6) is 0 Å². The van der Waals surface area contributed by atoms with Crippen LogP contribution in [-0.4, -0.2) is 9.97 Å². The average Bonchev–Trinajstić information content (AvgIpc) is 2.39. The van der Waals surface area contributed by atoms with E-state index in [0.29, 0.717) is 0 Å². The van der Waals surface area contributed by atoms with E-state index in [1.807, 2.05) is 30.5 Å². The summed E-state index contributed by atoms with van der Waals surface area (Å²) in [4.78, 5) is 8.78. The number of rotatable bonds is 1. The Hall–Kier alpha value is -1.74. The summed E-state index contributed by atoms with van der Waals surface area (Å²) >= 11 is 3.39. The second kappa shape index (κ2) is 4.26. The first-order chi connectivity index (χ1) is 8.33. The molecular weight excluding hydrogens is 276 g/mol. The predicted molar refractivity (Wildman–Crippen MR) is 72.7 cm³/mol. The van der Waals surface area contributed by atoms with Gasteiger partial charge in [-0.15, -0.1) is 0 Å². The minimum atomic E-state index is 0.902. The Bertz CT molecular complexity index is 665. The van der Waals surface area contributed by atoms with Crippen molar-refractivity contribution in [2.45, 2.75) is 0 Å². The zero-order chi connectivity index (χ0) is 11.7. The summed E-state index contributed by atoms with van der Waals surface area (Å²) < 4.78 is 0.949. The average molecular weight is 285 g/mol. The van der Waals surface area contributed by atoms with Gasteiger partial charge in [0, 0.05) is 22.4 Å². The molecule has 0 saturated heterocycles. The van der Waals surface area contributed by atoms with Crippen LogP contribution < -0.4 is 0 Å². The molecule has 0 aliphatic heterocycles. The summed E-state index contributed by atoms with van der Waals surface area (Å²) in [7, 11) is 0. The van der Waals surface area contributed by atoms with Crippen LogP contribution in [0, 0.1) is 0 Å². The zero-order valence-corrected chi connectivity index (χ0v) is 10.6. The second-order valence-electron chi connectivity index (χ2n) is 3.78. The Morgan fingerprint density at radius 1 is 0.765 bits per heavy atom. The van der Waals surface area contributed by atoms with Crippen molar-refractivity contribution in [1.29, 1.82) is 0 Å². The molecule has 0 aliphatic rings. The molecule has 0 spiro atoms. The molecule has 0 aliphatic carbocycles. The highest BCUT2D eigenvalue weighted by Crippen LogP contribution is 2.22. The third kappa shape index (κ3) is 2.06. The fourth-order valence-electron chi connectivity index (χ4n) is 1.77. The van der Waals surface area contributed by atoms with E-state index >= 15 is 0 Å². The molecule has 82 valence electrons. The highest BCUT2D eigenvalue weighted by atomic mass is 79.9. The molecule has 2 heterocycles. The van der Waals surface area contributed by atoms with Gasteiger partial charge >= 0.3 is 0 Å². The van der Waals surface area contributed by atoms with E-state index in [0.717, 1.165) is 26.6 Å². The lowest BCUT2D eigenvalue weighted by Crippen LogP contribution is -1.85. The van der Waals surface area contributed by atoms with E-state index in [9.17, 15) is 0 Å². The van der Waals surface area contributed by atoms with Crippen LogP contribution in [0.2, 0.25) is 0 Å². The first-order valence-corrected chi connectivity index (χ1v) is 6.09. The SMILES string of the molecule is Brc1cnc2cc(-c3ccccc3)cnc2c1. The number of halogens is 1. The van der Waals surface area contributed by atoms with Gasteiger partial charge in [-0.2, -0.15) is 0 Å². The third-order valence-electron chi connectivity index (χ3n) is 2.61. The Kier molecular flexibility index (Phi) is 2.61. The number of fused-ring (bicyclic) bond motifs is 1. The van der Waals surface area contributed by atoms with E-state index in [-0.39, 0.29) is 0 Å². The molecule has 3 heteroatoms. The Balaban J connectivity index is 2.17. The van der Waals surface area contributed by atoms with Crippen LogP contribution in [0.25, 0.3) is 22.2 Å². The minimum Gasteiger partial charge on any atom is -0.254 e. The maximum absolute atomic E-state index is 4.43. The van der Waals surface area contributed by atoms with Crippen molar-refractivity contribution in [2.75, 3.05) is 0 Å². The summed E-state index contributed by atoms with van der Waals surface area (Å²) in [5.41, 5.74) is 4.06. The number of pyridine rings is 2. The summed E-state index contributed by atoms with van der Waals surface area (Å²) in [5, 5.41) is 0. The van der Waals surface area contributed by atoms with Gasteiger partial charge < -0.3 is 0 Å². The monoisotopic (exact) mass is 284 g/mol. The van der Waals surface area contributed by atoms with Gasteiger partial charge in [0.05, 0.1) is 11.0 Å². The van der Waals surface area contributed by atoms with Crippen molar-refractivity contribution < 1.29 is 0 Å². The van der Waals surface area contributed by atoms with E-state index in [1.54, 1.807) is 6.20 Å². The molecule has 0 atom stereocenters. The number of hydrogen-bond donors (Lipinski definition) is 0. The zero-order valence-electron chi connectivity index (χ0n) is 8.97. The van der Waals surface area contributed by atoms with Gasteiger partial charge in [0.1, 0.15) is 0 Å². The van der Waals surface area contributed by atoms with Crippen LogP contribution in [0.1, 0.15) is 0 Å². The van der Waals surface area contributed by atoms with Gasteiger partial charge in [-0.3, -0.25) is 9.97 Å². The molecule has 0 amide bonds. The van der Waals surface area contributed by atoms with Gasteiger partial charge in [-0.05, 0) is 33.6 Å². The van der Waals surface area contributed by atoms with Crippen LogP contribution in [0.4, 0.5) is 0 Å². The minimum absolute atomic E-state index is 0.902. The molecule has 0 bridgehead atoms. The van der Waals surface area contributed by atoms with Crippen molar-refractivity contribution in [1.82, 2.24) is 9.97 Å². The van der Waals surface area contributed by atoms with Gasteiger partial charge in [-0.1, -0.05) is 30.3 Å². The standard InChI is InChI=1S/C14H9BrN2/c15-12-7-14-13(17-9-12)6-11(8-16-14)10-4-2-1-3-5-10/h1-9H. The number of hydrogen-bond acceptors (Lipinski definition) is 2. The predicted octanol–water partition coefficient (Wildman–Crippen LogP) is 4.06. The van der Waals surface area contributed by atoms with Gasteiger partial charge in [-0.25, -0.2) is 0 Å². The topological polar surface area (TPSA) is 25.8 Å². The normalized spacial score (nSPS) is 10.6. The van der Waals surface area contributed by atoms with E-state index < -0.39 is 0 Å². The van der Waals surface area contributed by atoms with Gasteiger partial charge in [0.15, 0.2) is 0 Å². The lowest BCUT2D eigenvalue weighted by molar-refractivity contribution is 1.32. The molecule has 2 aromatic heterocycles. The fraction of sp³-hybridized carbons (Fsp3) is 0. The molecule has 17 heavy (non-hydrogen) atoms. The third-order valence-corrected chi connectivity index (χ3v) is 3.04. The lowest BCUT2D eigenvalue weighted by Gasteiger charge is -2.02. The van der Waals surface area contributed by atoms with Crippen molar-refractivity contribution in [3.8, 4) is 11.1 Å². The van der Waals surface area contributed by atoms with Crippen LogP contribution in [0.15, 0.2) is 59.3 Å². The highest BCUT2D eigenvalue weighted by molar-refractivity contribution is 9.10. The number of nitrogens with zero attached hydrogens (tertiary/aromatic N) is 2. The summed E-state index contributed by atoms with van der Waals surface area (Å²) in [5.74, 6) is 0. The molecular formula is C14H9BrN2. The first-order valence-electron chi connectivity index (χ1n) is 5.30. The van der Waals surface area contributed by atoms with Crippen LogP contribution in [-0.2, 0) is 0 Å². The number of aromatic nitrogens is 2. The quantitative estimate of drug-likeness (QED) is 0.673. The molecule has 0 unspecified atom stereocenters. The van der Waals surface area contributed by atoms with Crippen molar-refractivity contribution >= 4 is 27.0 Å². The maximum Gasteiger partial charge on any atom is 0.0898 e. The highest BCUT2D eigenvalue weighted by Gasteiger charge is 2.01. The van der Waals surface area contributed by atoms with Crippen molar-refractivity contribution in [3.05, 3.63) is 59.3 Å². The molecule has 0 N–H and O–H groups in total. The Labute approximate surface area is 107 Å². The Morgan fingerprint density at radius 3 is 2.29 bits per heavy atom. The van der Waals surface area contributed by atoms with Crippen molar-refractivity contribution in [2.24, 2.45) is 0 Å². The first kappa shape index (κ1) is 10.4. The van der Waals surface area contributed by atoms with E-state index in [4.69, 9.17) is 0 Å². The molecule has 3 rings (SSSR count). The van der Waals surface area contributed by atoms with Crippen LogP contribution >= 0.6 is 15.9 Å². The molecule has 0 saturated carbocycles. The maximum atomic E-state index is 4.43. The molecule has 3 aromatic rings. The second-order valence-corrected chi connectivity index (χ2v) is 4.70. The van der Waals surface area contributed by atoms with Crippen molar-refractivity contribution in [3.63, 3.8) is 0 Å². The van der Waals surface area contributed by atoms with E-state index in [2.05, 4.69) is 44.1 Å². The summed E-state index contributed by atoms with van der Waals surface area (Å²) in [6.07, 6.45) is 3.67. The Morgan fingerprint density at radius 2 is 1.47 bits per heavy atom. The largest absolute Gasteiger partial charge is 0.254 e. The van der Waals surface area contributed by atoms with Gasteiger partial charge in [0.2, 0.25) is 0 Å². The number of benzene rings is 1. The molecule has 1 aromatic carbocycles. The van der Waals surface area contributed by atoms with Crippen LogP contribution in [0.3, 0.4) is 0 Å². The molecule has 0 radical (unpaired) electrons. The lowest BCUT2D eigenvalue weighted by atomic mass is 10.1.